The summed E-state index contributed by atoms with van der Waals surface area (Å²) in [7, 11) is 0. The van der Waals surface area contributed by atoms with Gasteiger partial charge in [0.1, 0.15) is 30.6 Å². The van der Waals surface area contributed by atoms with E-state index in [1.807, 2.05) is 0 Å². The van der Waals surface area contributed by atoms with Crippen LogP contribution in [0.15, 0.2) is 59.2 Å². The highest BCUT2D eigenvalue weighted by Crippen LogP contribution is 2.32. The highest BCUT2D eigenvalue weighted by Gasteiger charge is 2.17. The fourth-order valence-corrected chi connectivity index (χ4v) is 2.99. The number of nitrogens with zero attached hydrogens (tertiary/aromatic N) is 1. The lowest BCUT2D eigenvalue weighted by molar-refractivity contribution is 0.0990. The number of benzene rings is 2. The monoisotopic (exact) mass is 448 g/mol. The third kappa shape index (κ3) is 4.83. The Kier molecular flexibility index (Phi) is 6.20. The van der Waals surface area contributed by atoms with E-state index in [9.17, 15) is 13.6 Å². The molecule has 0 aliphatic rings. The summed E-state index contributed by atoms with van der Waals surface area (Å²) >= 11 is 3.19. The van der Waals surface area contributed by atoms with Crippen LogP contribution in [0.25, 0.3) is 11.1 Å². The van der Waals surface area contributed by atoms with Crippen molar-refractivity contribution < 1.29 is 23.0 Å². The molecule has 3 aromatic rings. The summed E-state index contributed by atoms with van der Waals surface area (Å²) in [6.45, 7) is 0.139. The molecule has 3 rings (SSSR count). The van der Waals surface area contributed by atoms with Crippen LogP contribution >= 0.6 is 15.9 Å². The minimum atomic E-state index is -0.756. The lowest BCUT2D eigenvalue weighted by Crippen LogP contribution is -2.17. The molecule has 0 saturated heterocycles. The van der Waals surface area contributed by atoms with Crippen LogP contribution in [-0.4, -0.2) is 24.1 Å². The van der Waals surface area contributed by atoms with Gasteiger partial charge in [-0.2, -0.15) is 0 Å². The molecule has 0 spiro atoms. The Morgan fingerprint density at radius 1 is 1.00 bits per heavy atom. The SMILES string of the molecule is NC(=O)c1nccc(-c2ccc(F)cc2)c1OCCOc1cc(F)cc(Br)c1. The Balaban J connectivity index is 1.78. The third-order valence-electron chi connectivity index (χ3n) is 3.73. The summed E-state index contributed by atoms with van der Waals surface area (Å²) in [6.07, 6.45) is 1.42. The van der Waals surface area contributed by atoms with Crippen molar-refractivity contribution in [2.24, 2.45) is 5.73 Å². The zero-order chi connectivity index (χ0) is 20.1. The molecule has 0 bridgehead atoms. The highest BCUT2D eigenvalue weighted by atomic mass is 79.9. The van der Waals surface area contributed by atoms with Gasteiger partial charge in [-0.15, -0.1) is 0 Å². The van der Waals surface area contributed by atoms with Crippen molar-refractivity contribution in [2.75, 3.05) is 13.2 Å². The molecule has 0 saturated carbocycles. The Labute approximate surface area is 168 Å². The van der Waals surface area contributed by atoms with Crippen molar-refractivity contribution in [3.05, 3.63) is 76.5 Å². The molecule has 2 N–H and O–H groups in total. The van der Waals surface area contributed by atoms with Gasteiger partial charge in [0.05, 0.1) is 0 Å². The minimum Gasteiger partial charge on any atom is -0.490 e. The minimum absolute atomic E-state index is 0.0460. The summed E-state index contributed by atoms with van der Waals surface area (Å²) in [6, 6.07) is 11.5. The van der Waals surface area contributed by atoms with Crippen LogP contribution in [0.5, 0.6) is 11.5 Å². The van der Waals surface area contributed by atoms with Crippen molar-refractivity contribution in [3.63, 3.8) is 0 Å². The van der Waals surface area contributed by atoms with Gasteiger partial charge in [0.2, 0.25) is 0 Å². The maximum atomic E-state index is 13.4. The average molecular weight is 449 g/mol. The van der Waals surface area contributed by atoms with Gasteiger partial charge in [-0.25, -0.2) is 13.8 Å². The van der Waals surface area contributed by atoms with Gasteiger partial charge >= 0.3 is 0 Å². The Hall–Kier alpha value is -3.00. The van der Waals surface area contributed by atoms with Gasteiger partial charge in [-0.1, -0.05) is 28.1 Å². The van der Waals surface area contributed by atoms with Gasteiger partial charge < -0.3 is 15.2 Å². The molecule has 2 aromatic carbocycles. The number of hydrogen-bond donors (Lipinski definition) is 1. The number of amides is 1. The van der Waals surface area contributed by atoms with E-state index >= 15 is 0 Å². The number of ether oxygens (including phenoxy) is 2. The summed E-state index contributed by atoms with van der Waals surface area (Å²) < 4.78 is 38.3. The van der Waals surface area contributed by atoms with Crippen molar-refractivity contribution in [3.8, 4) is 22.6 Å². The number of nitrogens with two attached hydrogens (primary N) is 1. The smallest absolute Gasteiger partial charge is 0.271 e. The van der Waals surface area contributed by atoms with Crippen LogP contribution in [0.2, 0.25) is 0 Å². The second kappa shape index (κ2) is 8.79. The Bertz CT molecular complexity index is 977. The van der Waals surface area contributed by atoms with Crippen LogP contribution in [0.4, 0.5) is 8.78 Å². The summed E-state index contributed by atoms with van der Waals surface area (Å²) in [4.78, 5) is 15.7. The molecular formula is C20H15BrF2N2O3. The fourth-order valence-electron chi connectivity index (χ4n) is 2.54. The number of primary amides is 1. The average Bonchev–Trinajstić information content (AvgIpc) is 2.65. The first-order valence-electron chi connectivity index (χ1n) is 8.20. The Morgan fingerprint density at radius 3 is 2.39 bits per heavy atom. The second-order valence-electron chi connectivity index (χ2n) is 5.71. The van der Waals surface area contributed by atoms with E-state index in [1.165, 1.54) is 30.5 Å². The molecule has 0 atom stereocenters. The van der Waals surface area contributed by atoms with Crippen LogP contribution in [0.3, 0.4) is 0 Å². The van der Waals surface area contributed by atoms with Crippen LogP contribution in [0.1, 0.15) is 10.5 Å². The predicted molar refractivity (Wildman–Crippen MR) is 103 cm³/mol. The molecule has 1 amide bonds. The van der Waals surface area contributed by atoms with E-state index < -0.39 is 11.7 Å². The lowest BCUT2D eigenvalue weighted by atomic mass is 10.0. The molecule has 0 unspecified atom stereocenters. The number of carbonyl (C=O) groups excluding carboxylic acids is 1. The maximum Gasteiger partial charge on any atom is 0.271 e. The van der Waals surface area contributed by atoms with Gasteiger partial charge in [-0.3, -0.25) is 4.79 Å². The molecule has 0 fully saturated rings. The Morgan fingerprint density at radius 2 is 1.71 bits per heavy atom. The van der Waals surface area contributed by atoms with E-state index in [-0.39, 0.29) is 30.5 Å². The summed E-state index contributed by atoms with van der Waals surface area (Å²) in [5.74, 6) is -1.08. The molecule has 28 heavy (non-hydrogen) atoms. The van der Waals surface area contributed by atoms with Crippen molar-refractivity contribution >= 4 is 21.8 Å². The van der Waals surface area contributed by atoms with Crippen molar-refractivity contribution in [1.82, 2.24) is 4.98 Å². The number of rotatable bonds is 7. The third-order valence-corrected chi connectivity index (χ3v) is 4.19. The maximum absolute atomic E-state index is 13.4. The summed E-state index contributed by atoms with van der Waals surface area (Å²) in [5, 5.41) is 0. The first kappa shape index (κ1) is 19.8. The van der Waals surface area contributed by atoms with E-state index in [4.69, 9.17) is 15.2 Å². The highest BCUT2D eigenvalue weighted by molar-refractivity contribution is 9.10. The van der Waals surface area contributed by atoms with Gasteiger partial charge in [0.25, 0.3) is 5.91 Å². The number of carbonyl (C=O) groups is 1. The predicted octanol–water partition coefficient (Wildman–Crippen LogP) is 4.35. The van der Waals surface area contributed by atoms with Crippen molar-refractivity contribution in [1.29, 1.82) is 0 Å². The van der Waals surface area contributed by atoms with E-state index in [0.717, 1.165) is 0 Å². The van der Waals surface area contributed by atoms with E-state index in [0.29, 0.717) is 21.3 Å². The van der Waals surface area contributed by atoms with Crippen molar-refractivity contribution in [2.45, 2.75) is 0 Å². The normalized spacial score (nSPS) is 10.5. The molecule has 8 heteroatoms. The van der Waals surface area contributed by atoms with Crippen LogP contribution < -0.4 is 15.2 Å². The van der Waals surface area contributed by atoms with Gasteiger partial charge in [0, 0.05) is 22.3 Å². The molecule has 5 nitrogen and oxygen atoms in total. The first-order valence-corrected chi connectivity index (χ1v) is 9.00. The standard InChI is InChI=1S/C20H15BrF2N2O3/c21-13-9-15(23)11-16(10-13)27-7-8-28-19-17(5-6-25-18(19)20(24)26)12-1-3-14(22)4-2-12/h1-6,9-11H,7-8H2,(H2,24,26). The van der Waals surface area contributed by atoms with Gasteiger partial charge in [-0.05, 0) is 35.9 Å². The summed E-state index contributed by atoms with van der Waals surface area (Å²) in [5.41, 5.74) is 6.52. The van der Waals surface area contributed by atoms with Crippen LogP contribution in [0, 0.1) is 11.6 Å². The molecule has 0 aliphatic carbocycles. The fraction of sp³-hybridized carbons (Fsp3) is 0.100. The molecule has 1 heterocycles. The van der Waals surface area contributed by atoms with E-state index in [2.05, 4.69) is 20.9 Å². The number of aromatic nitrogens is 1. The topological polar surface area (TPSA) is 74.4 Å². The molecule has 144 valence electrons. The molecule has 1 aromatic heterocycles. The zero-order valence-electron chi connectivity index (χ0n) is 14.5. The molecule has 0 radical (unpaired) electrons. The number of halogens is 3. The molecular weight excluding hydrogens is 434 g/mol. The number of hydrogen-bond acceptors (Lipinski definition) is 4. The lowest BCUT2D eigenvalue weighted by Gasteiger charge is -2.14. The molecule has 0 aliphatic heterocycles. The zero-order valence-corrected chi connectivity index (χ0v) is 16.1. The van der Waals surface area contributed by atoms with E-state index in [1.54, 1.807) is 24.3 Å². The second-order valence-corrected chi connectivity index (χ2v) is 6.63. The number of pyridine rings is 1. The first-order chi connectivity index (χ1) is 13.4. The quantitative estimate of drug-likeness (QED) is 0.545. The largest absolute Gasteiger partial charge is 0.490 e. The van der Waals surface area contributed by atoms with Crippen LogP contribution in [-0.2, 0) is 0 Å². The van der Waals surface area contributed by atoms with Gasteiger partial charge in [0.15, 0.2) is 11.4 Å².